The SMILES string of the molecule is COC(=O)CCC(=O)Nc1ccc(CCNc2ncnc3c2c(C)c(C)n3Cc2ccccc2)cc1. The molecule has 36 heavy (non-hydrogen) atoms. The second-order valence-electron chi connectivity index (χ2n) is 8.70. The zero-order valence-corrected chi connectivity index (χ0v) is 20.9. The number of aromatic nitrogens is 3. The monoisotopic (exact) mass is 485 g/mol. The standard InChI is InChI=1S/C28H31N5O3/c1-19-20(2)33(17-22-7-5-4-6-8-22)28-26(19)27(30-18-31-28)29-16-15-21-9-11-23(12-10-21)32-24(34)13-14-25(35)36-3/h4-12,18H,13-17H2,1-3H3,(H,32,34)(H,29,30,31). The van der Waals surface area contributed by atoms with Gasteiger partial charge in [0.05, 0.1) is 18.9 Å². The topological polar surface area (TPSA) is 98.1 Å². The summed E-state index contributed by atoms with van der Waals surface area (Å²) in [7, 11) is 1.31. The number of nitrogens with one attached hydrogen (secondary N) is 2. The highest BCUT2D eigenvalue weighted by Crippen LogP contribution is 2.29. The Labute approximate surface area is 210 Å². The molecule has 0 unspecified atom stereocenters. The van der Waals surface area contributed by atoms with E-state index in [1.165, 1.54) is 23.9 Å². The summed E-state index contributed by atoms with van der Waals surface area (Å²) in [5.74, 6) is 0.224. The highest BCUT2D eigenvalue weighted by molar-refractivity contribution is 5.93. The fraction of sp³-hybridized carbons (Fsp3) is 0.286. The van der Waals surface area contributed by atoms with E-state index in [4.69, 9.17) is 0 Å². The number of ether oxygens (including phenoxy) is 1. The van der Waals surface area contributed by atoms with E-state index in [1.807, 2.05) is 30.3 Å². The molecule has 4 aromatic rings. The quantitative estimate of drug-likeness (QED) is 0.318. The summed E-state index contributed by atoms with van der Waals surface area (Å²) >= 11 is 0. The van der Waals surface area contributed by atoms with E-state index in [0.29, 0.717) is 12.2 Å². The number of fused-ring (bicyclic) bond motifs is 1. The van der Waals surface area contributed by atoms with Gasteiger partial charge in [-0.3, -0.25) is 9.59 Å². The van der Waals surface area contributed by atoms with E-state index in [2.05, 4.69) is 68.0 Å². The third-order valence-corrected chi connectivity index (χ3v) is 6.32. The second-order valence-corrected chi connectivity index (χ2v) is 8.70. The molecule has 0 aliphatic heterocycles. The van der Waals surface area contributed by atoms with Crippen molar-refractivity contribution in [3.05, 3.63) is 83.3 Å². The summed E-state index contributed by atoms with van der Waals surface area (Å²) in [6.07, 6.45) is 2.57. The molecule has 2 N–H and O–H groups in total. The van der Waals surface area contributed by atoms with Gasteiger partial charge in [0.1, 0.15) is 17.8 Å². The molecule has 1 amide bonds. The minimum absolute atomic E-state index is 0.0665. The first-order valence-corrected chi connectivity index (χ1v) is 12.0. The van der Waals surface area contributed by atoms with Gasteiger partial charge in [-0.15, -0.1) is 0 Å². The molecule has 186 valence electrons. The van der Waals surface area contributed by atoms with Crippen molar-refractivity contribution in [2.75, 3.05) is 24.3 Å². The smallest absolute Gasteiger partial charge is 0.306 e. The van der Waals surface area contributed by atoms with Gasteiger partial charge in [-0.25, -0.2) is 9.97 Å². The number of methoxy groups -OCH3 is 1. The number of hydrogen-bond acceptors (Lipinski definition) is 6. The molecule has 0 saturated heterocycles. The Morgan fingerprint density at radius 2 is 1.69 bits per heavy atom. The van der Waals surface area contributed by atoms with E-state index in [-0.39, 0.29) is 18.7 Å². The van der Waals surface area contributed by atoms with Crippen LogP contribution in [0.1, 0.15) is 35.2 Å². The molecule has 0 fully saturated rings. The van der Waals surface area contributed by atoms with E-state index < -0.39 is 5.97 Å². The first-order valence-electron chi connectivity index (χ1n) is 12.0. The molecule has 0 saturated carbocycles. The molecular formula is C28H31N5O3. The van der Waals surface area contributed by atoms with Gasteiger partial charge in [-0.1, -0.05) is 42.5 Å². The van der Waals surface area contributed by atoms with Crippen LogP contribution in [0.4, 0.5) is 11.5 Å². The van der Waals surface area contributed by atoms with E-state index >= 15 is 0 Å². The van der Waals surface area contributed by atoms with Gasteiger partial charge < -0.3 is 19.9 Å². The molecule has 2 aromatic heterocycles. The Bertz CT molecular complexity index is 1350. The predicted molar refractivity (Wildman–Crippen MR) is 141 cm³/mol. The summed E-state index contributed by atoms with van der Waals surface area (Å²) in [6.45, 7) is 5.71. The average molecular weight is 486 g/mol. The van der Waals surface area contributed by atoms with Crippen LogP contribution >= 0.6 is 0 Å². The third kappa shape index (κ3) is 5.89. The third-order valence-electron chi connectivity index (χ3n) is 6.32. The lowest BCUT2D eigenvalue weighted by molar-refractivity contribution is -0.141. The lowest BCUT2D eigenvalue weighted by Gasteiger charge is -2.10. The maximum absolute atomic E-state index is 12.0. The molecule has 0 radical (unpaired) electrons. The Morgan fingerprint density at radius 3 is 2.42 bits per heavy atom. The summed E-state index contributed by atoms with van der Waals surface area (Å²) in [5, 5.41) is 7.34. The van der Waals surface area contributed by atoms with Gasteiger partial charge in [0, 0.05) is 30.9 Å². The second kappa shape index (κ2) is 11.5. The summed E-state index contributed by atoms with van der Waals surface area (Å²) in [4.78, 5) is 32.3. The number of aryl methyl sites for hydroxylation is 1. The highest BCUT2D eigenvalue weighted by Gasteiger charge is 2.16. The van der Waals surface area contributed by atoms with Crippen LogP contribution in [0.2, 0.25) is 0 Å². The van der Waals surface area contributed by atoms with Gasteiger partial charge in [-0.05, 0) is 49.1 Å². The van der Waals surface area contributed by atoms with Gasteiger partial charge in [0.25, 0.3) is 0 Å². The molecular weight excluding hydrogens is 454 g/mol. The Balaban J connectivity index is 1.38. The largest absolute Gasteiger partial charge is 0.469 e. The number of rotatable bonds is 10. The number of carbonyl (C=O) groups excluding carboxylic acids is 2. The van der Waals surface area contributed by atoms with Gasteiger partial charge in [-0.2, -0.15) is 0 Å². The molecule has 8 heteroatoms. The predicted octanol–water partition coefficient (Wildman–Crippen LogP) is 4.64. The maximum Gasteiger partial charge on any atom is 0.306 e. The number of anilines is 2. The Hall–Kier alpha value is -4.20. The minimum Gasteiger partial charge on any atom is -0.469 e. The van der Waals surface area contributed by atoms with Crippen molar-refractivity contribution in [1.29, 1.82) is 0 Å². The van der Waals surface area contributed by atoms with Crippen LogP contribution in [0.15, 0.2) is 60.9 Å². The van der Waals surface area contributed by atoms with E-state index in [9.17, 15) is 9.59 Å². The average Bonchev–Trinajstić information content (AvgIpc) is 3.14. The van der Waals surface area contributed by atoms with Crippen molar-refractivity contribution in [2.24, 2.45) is 0 Å². The van der Waals surface area contributed by atoms with Crippen LogP contribution in [-0.2, 0) is 27.3 Å². The molecule has 0 aliphatic rings. The Morgan fingerprint density at radius 1 is 0.944 bits per heavy atom. The maximum atomic E-state index is 12.0. The minimum atomic E-state index is -0.396. The van der Waals surface area contributed by atoms with Gasteiger partial charge in [0.2, 0.25) is 5.91 Å². The Kier molecular flexibility index (Phi) is 7.95. The van der Waals surface area contributed by atoms with E-state index in [0.717, 1.165) is 35.4 Å². The molecule has 0 bridgehead atoms. The van der Waals surface area contributed by atoms with Crippen LogP contribution in [-0.4, -0.2) is 40.1 Å². The molecule has 2 heterocycles. The van der Waals surface area contributed by atoms with Crippen molar-refractivity contribution in [3.8, 4) is 0 Å². The number of esters is 1. The molecule has 8 nitrogen and oxygen atoms in total. The van der Waals surface area contributed by atoms with Crippen LogP contribution in [0, 0.1) is 13.8 Å². The molecule has 0 spiro atoms. The van der Waals surface area contributed by atoms with Crippen LogP contribution in [0.3, 0.4) is 0 Å². The van der Waals surface area contributed by atoms with Crippen LogP contribution < -0.4 is 10.6 Å². The van der Waals surface area contributed by atoms with Crippen LogP contribution in [0.5, 0.6) is 0 Å². The van der Waals surface area contributed by atoms with Gasteiger partial charge >= 0.3 is 5.97 Å². The highest BCUT2D eigenvalue weighted by atomic mass is 16.5. The van der Waals surface area contributed by atoms with Gasteiger partial charge in [0.15, 0.2) is 0 Å². The molecule has 0 aliphatic carbocycles. The molecule has 2 aromatic carbocycles. The summed E-state index contributed by atoms with van der Waals surface area (Å²) in [5.41, 5.74) is 6.35. The fourth-order valence-corrected chi connectivity index (χ4v) is 4.18. The van der Waals surface area contributed by atoms with Crippen molar-refractivity contribution in [3.63, 3.8) is 0 Å². The normalized spacial score (nSPS) is 10.9. The summed E-state index contributed by atoms with van der Waals surface area (Å²) in [6, 6.07) is 18.1. The zero-order chi connectivity index (χ0) is 25.5. The van der Waals surface area contributed by atoms with Crippen molar-refractivity contribution < 1.29 is 14.3 Å². The summed E-state index contributed by atoms with van der Waals surface area (Å²) < 4.78 is 6.80. The van der Waals surface area contributed by atoms with E-state index in [1.54, 1.807) is 6.33 Å². The lowest BCUT2D eigenvalue weighted by atomic mass is 10.1. The number of hydrogen-bond donors (Lipinski definition) is 2. The van der Waals surface area contributed by atoms with Crippen molar-refractivity contribution in [1.82, 2.24) is 14.5 Å². The fourth-order valence-electron chi connectivity index (χ4n) is 4.18. The molecule has 0 atom stereocenters. The lowest BCUT2D eigenvalue weighted by Crippen LogP contribution is -2.14. The number of nitrogens with zero attached hydrogens (tertiary/aromatic N) is 3. The first-order chi connectivity index (χ1) is 17.5. The van der Waals surface area contributed by atoms with Crippen molar-refractivity contribution >= 4 is 34.4 Å². The van der Waals surface area contributed by atoms with Crippen molar-refractivity contribution in [2.45, 2.75) is 39.7 Å². The number of amides is 1. The number of benzene rings is 2. The zero-order valence-electron chi connectivity index (χ0n) is 20.9. The number of carbonyl (C=O) groups is 2. The first kappa shape index (κ1) is 24.9. The van der Waals surface area contributed by atoms with Crippen LogP contribution in [0.25, 0.3) is 11.0 Å². The molecule has 4 rings (SSSR count).